The van der Waals surface area contributed by atoms with Gasteiger partial charge in [-0.05, 0) is 60.3 Å². The second-order valence-electron chi connectivity index (χ2n) is 10.6. The molecule has 5 nitrogen and oxygen atoms in total. The van der Waals surface area contributed by atoms with Crippen molar-refractivity contribution in [1.82, 2.24) is 0 Å². The summed E-state index contributed by atoms with van der Waals surface area (Å²) in [6.45, 7) is 11.9. The van der Waals surface area contributed by atoms with Gasteiger partial charge in [0.2, 0.25) is 0 Å². The maximum Gasteiger partial charge on any atom is 0.302 e. The molecule has 152 valence electrons. The maximum absolute atomic E-state index is 11.9. The Labute approximate surface area is 161 Å². The van der Waals surface area contributed by atoms with Crippen molar-refractivity contribution in [3.8, 4) is 0 Å². The third-order valence-electron chi connectivity index (χ3n) is 8.88. The highest BCUT2D eigenvalue weighted by Crippen LogP contribution is 2.72. The van der Waals surface area contributed by atoms with Gasteiger partial charge >= 0.3 is 5.97 Å². The Morgan fingerprint density at radius 3 is 2.44 bits per heavy atom. The Bertz CT molecular complexity index is 672. The third-order valence-corrected chi connectivity index (χ3v) is 8.88. The first-order chi connectivity index (χ1) is 12.4. The molecule has 4 aliphatic rings. The average Bonchev–Trinajstić information content (AvgIpc) is 2.71. The molecule has 0 heterocycles. The summed E-state index contributed by atoms with van der Waals surface area (Å²) in [5.74, 6) is -0.349. The van der Waals surface area contributed by atoms with Gasteiger partial charge < -0.3 is 20.1 Å². The second kappa shape index (κ2) is 5.80. The Balaban J connectivity index is 1.87. The van der Waals surface area contributed by atoms with E-state index in [0.717, 1.165) is 18.4 Å². The van der Waals surface area contributed by atoms with Crippen LogP contribution < -0.4 is 0 Å². The summed E-state index contributed by atoms with van der Waals surface area (Å²) in [6, 6.07) is 0. The van der Waals surface area contributed by atoms with E-state index < -0.39 is 29.1 Å². The predicted molar refractivity (Wildman–Crippen MR) is 101 cm³/mol. The maximum atomic E-state index is 11.9. The molecule has 1 spiro atoms. The van der Waals surface area contributed by atoms with Crippen LogP contribution in [0.1, 0.15) is 59.8 Å². The molecule has 0 radical (unpaired) electrons. The molecule has 0 aromatic carbocycles. The van der Waals surface area contributed by atoms with Crippen LogP contribution in [0.15, 0.2) is 12.2 Å². The van der Waals surface area contributed by atoms with Gasteiger partial charge in [0.15, 0.2) is 0 Å². The summed E-state index contributed by atoms with van der Waals surface area (Å²) in [4.78, 5) is 11.9. The summed E-state index contributed by atoms with van der Waals surface area (Å²) in [5.41, 5.74) is -0.429. The Kier molecular flexibility index (Phi) is 4.17. The van der Waals surface area contributed by atoms with Gasteiger partial charge in [-0.3, -0.25) is 4.79 Å². The van der Waals surface area contributed by atoms with E-state index >= 15 is 0 Å². The lowest BCUT2D eigenvalue weighted by Gasteiger charge is -2.67. The van der Waals surface area contributed by atoms with Crippen molar-refractivity contribution >= 4 is 5.97 Å². The minimum Gasteiger partial charge on any atom is -0.462 e. The molecule has 0 saturated heterocycles. The zero-order valence-electron chi connectivity index (χ0n) is 16.9. The Hall–Kier alpha value is -0.910. The number of aliphatic hydroxyl groups is 3. The number of hydrogen-bond donors (Lipinski definition) is 3. The first-order valence-electron chi connectivity index (χ1n) is 10.4. The minimum atomic E-state index is -0.671. The van der Waals surface area contributed by atoms with Crippen molar-refractivity contribution in [3.05, 3.63) is 12.2 Å². The van der Waals surface area contributed by atoms with Crippen LogP contribution >= 0.6 is 0 Å². The zero-order chi connectivity index (χ0) is 19.9. The quantitative estimate of drug-likeness (QED) is 0.482. The van der Waals surface area contributed by atoms with Gasteiger partial charge in [0, 0.05) is 18.3 Å². The van der Waals surface area contributed by atoms with Gasteiger partial charge in [0.05, 0.1) is 18.3 Å². The lowest BCUT2D eigenvalue weighted by molar-refractivity contribution is -0.261. The van der Waals surface area contributed by atoms with E-state index in [2.05, 4.69) is 27.4 Å². The van der Waals surface area contributed by atoms with E-state index in [1.807, 2.05) is 0 Å². The SMILES string of the molecule is C=C1[C@@H]2C[C@H](O)[C@H]3[C@]4(C)CC[C@H](O)C(C)(C)[C@H]4[C@@H](OC(C)=O)C[C@]3(C2)[C@@H]1O. The number of esters is 1. The van der Waals surface area contributed by atoms with Crippen molar-refractivity contribution in [3.63, 3.8) is 0 Å². The minimum absolute atomic E-state index is 0.0689. The second-order valence-corrected chi connectivity index (χ2v) is 10.6. The van der Waals surface area contributed by atoms with Crippen molar-refractivity contribution in [2.75, 3.05) is 0 Å². The normalized spacial score (nSPS) is 53.4. The summed E-state index contributed by atoms with van der Waals surface area (Å²) in [6.07, 6.45) is 1.37. The molecule has 5 heteroatoms. The number of carbonyl (C=O) groups excluding carboxylic acids is 1. The summed E-state index contributed by atoms with van der Waals surface area (Å²) >= 11 is 0. The summed E-state index contributed by atoms with van der Waals surface area (Å²) in [5, 5.41) is 33.2. The topological polar surface area (TPSA) is 87.0 Å². The van der Waals surface area contributed by atoms with Gasteiger partial charge in [-0.25, -0.2) is 0 Å². The number of hydrogen-bond acceptors (Lipinski definition) is 5. The van der Waals surface area contributed by atoms with Crippen LogP contribution in [0.3, 0.4) is 0 Å². The molecule has 2 bridgehead atoms. The van der Waals surface area contributed by atoms with Crippen LogP contribution in [-0.2, 0) is 9.53 Å². The van der Waals surface area contributed by atoms with E-state index in [4.69, 9.17) is 4.74 Å². The number of rotatable bonds is 1. The fourth-order valence-electron chi connectivity index (χ4n) is 8.15. The van der Waals surface area contributed by atoms with Gasteiger partial charge in [-0.15, -0.1) is 0 Å². The standard InChI is InChI=1S/C22H34O5/c1-11-13-8-14(24)17-21(5)7-6-16(25)20(3,4)18(21)15(27-12(2)23)10-22(17,9-13)19(11)26/h13-19,24-26H,1,6-10H2,2-5H3/t13-,14+,15+,16+,17+,18-,19-,21+,22+/m1/s1. The molecule has 0 amide bonds. The van der Waals surface area contributed by atoms with Crippen LogP contribution in [0.4, 0.5) is 0 Å². The fraction of sp³-hybridized carbons (Fsp3) is 0.864. The molecule has 0 aliphatic heterocycles. The van der Waals surface area contributed by atoms with Crippen LogP contribution in [-0.4, -0.2) is 45.7 Å². The fourth-order valence-corrected chi connectivity index (χ4v) is 8.15. The monoisotopic (exact) mass is 378 g/mol. The van der Waals surface area contributed by atoms with E-state index in [1.54, 1.807) is 0 Å². The molecular formula is C22H34O5. The van der Waals surface area contributed by atoms with E-state index in [1.165, 1.54) is 6.92 Å². The van der Waals surface area contributed by atoms with Crippen molar-refractivity contribution in [1.29, 1.82) is 0 Å². The zero-order valence-corrected chi connectivity index (χ0v) is 16.9. The molecule has 0 aromatic rings. The highest BCUT2D eigenvalue weighted by atomic mass is 16.5. The molecule has 0 aromatic heterocycles. The van der Waals surface area contributed by atoms with Crippen LogP contribution in [0.2, 0.25) is 0 Å². The lowest BCUT2D eigenvalue weighted by atomic mass is 9.39. The van der Waals surface area contributed by atoms with Crippen LogP contribution in [0, 0.1) is 34.0 Å². The first kappa shape index (κ1) is 19.4. The highest BCUT2D eigenvalue weighted by molar-refractivity contribution is 5.66. The predicted octanol–water partition coefficient (Wildman–Crippen LogP) is 2.43. The smallest absolute Gasteiger partial charge is 0.302 e. The molecule has 0 unspecified atom stereocenters. The van der Waals surface area contributed by atoms with E-state index in [9.17, 15) is 20.1 Å². The molecular weight excluding hydrogens is 344 g/mol. The summed E-state index contributed by atoms with van der Waals surface area (Å²) in [7, 11) is 0. The number of carbonyl (C=O) groups is 1. The molecule has 4 saturated carbocycles. The van der Waals surface area contributed by atoms with Gasteiger partial charge in [0.1, 0.15) is 6.10 Å². The van der Waals surface area contributed by atoms with E-state index in [-0.39, 0.29) is 35.2 Å². The van der Waals surface area contributed by atoms with Gasteiger partial charge in [-0.2, -0.15) is 0 Å². The van der Waals surface area contributed by atoms with Crippen molar-refractivity contribution in [2.24, 2.45) is 34.0 Å². The largest absolute Gasteiger partial charge is 0.462 e. The number of aliphatic hydroxyl groups excluding tert-OH is 3. The number of fused-ring (bicyclic) bond motifs is 3. The molecule has 4 rings (SSSR count). The lowest BCUT2D eigenvalue weighted by Crippen LogP contribution is -2.68. The molecule has 4 aliphatic carbocycles. The Morgan fingerprint density at radius 2 is 1.81 bits per heavy atom. The van der Waals surface area contributed by atoms with E-state index in [0.29, 0.717) is 19.3 Å². The summed E-state index contributed by atoms with van der Waals surface area (Å²) < 4.78 is 5.85. The first-order valence-corrected chi connectivity index (χ1v) is 10.4. The molecule has 27 heavy (non-hydrogen) atoms. The van der Waals surface area contributed by atoms with Crippen molar-refractivity contribution in [2.45, 2.75) is 84.2 Å². The molecule has 9 atom stereocenters. The van der Waals surface area contributed by atoms with Crippen LogP contribution in [0.5, 0.6) is 0 Å². The third kappa shape index (κ3) is 2.37. The van der Waals surface area contributed by atoms with Gasteiger partial charge in [0.25, 0.3) is 0 Å². The van der Waals surface area contributed by atoms with Crippen molar-refractivity contribution < 1.29 is 24.9 Å². The average molecular weight is 379 g/mol. The Morgan fingerprint density at radius 1 is 1.15 bits per heavy atom. The molecule has 3 N–H and O–H groups in total. The highest BCUT2D eigenvalue weighted by Gasteiger charge is 2.72. The van der Waals surface area contributed by atoms with Gasteiger partial charge in [-0.1, -0.05) is 27.4 Å². The molecule has 4 fully saturated rings. The van der Waals surface area contributed by atoms with Crippen LogP contribution in [0.25, 0.3) is 0 Å². The number of ether oxygens (including phenoxy) is 1.